The Bertz CT molecular complexity index is 553. The second-order valence-electron chi connectivity index (χ2n) is 2.99. The fourth-order valence-corrected chi connectivity index (χ4v) is 1.34. The number of pyridine rings is 1. The van der Waals surface area contributed by atoms with Crippen LogP contribution in [-0.2, 0) is 0 Å². The van der Waals surface area contributed by atoms with Crippen LogP contribution >= 0.6 is 0 Å². The topological polar surface area (TPSA) is 90.3 Å². The van der Waals surface area contributed by atoms with Crippen molar-refractivity contribution in [2.75, 3.05) is 0 Å². The van der Waals surface area contributed by atoms with Crippen LogP contribution in [0.2, 0.25) is 0 Å². The maximum Gasteiger partial charge on any atom is 0.276 e. The van der Waals surface area contributed by atoms with E-state index < -0.39 is 4.92 Å². The quantitative estimate of drug-likeness (QED) is 0.327. The van der Waals surface area contributed by atoms with Crippen LogP contribution in [0.3, 0.4) is 0 Å². The Morgan fingerprint density at radius 2 is 2.07 bits per heavy atom. The van der Waals surface area contributed by atoms with Crippen molar-refractivity contribution >= 4 is 16.6 Å². The fraction of sp³-hybridized carbons (Fsp3) is 0. The summed E-state index contributed by atoms with van der Waals surface area (Å²) < 4.78 is 0.474. The van der Waals surface area contributed by atoms with E-state index in [4.69, 9.17) is 0 Å². The molecule has 0 aliphatic heterocycles. The van der Waals surface area contributed by atoms with E-state index in [0.717, 1.165) is 12.3 Å². The second-order valence-corrected chi connectivity index (χ2v) is 2.99. The number of non-ortho nitro benzene ring substituents is 1. The van der Waals surface area contributed by atoms with Gasteiger partial charge >= 0.3 is 0 Å². The van der Waals surface area contributed by atoms with E-state index in [2.05, 4.69) is 0 Å². The normalized spacial score (nSPS) is 10.4. The van der Waals surface area contributed by atoms with Crippen LogP contribution in [0.25, 0.3) is 10.9 Å². The summed E-state index contributed by atoms with van der Waals surface area (Å²) >= 11 is 0. The summed E-state index contributed by atoms with van der Waals surface area (Å²) in [5.74, 6) is -0.0769. The average molecular weight is 206 g/mol. The molecule has 2 aromatic rings. The Labute approximate surface area is 83.7 Å². The largest absolute Gasteiger partial charge is 0.618 e. The van der Waals surface area contributed by atoms with Gasteiger partial charge in [0.25, 0.3) is 5.69 Å². The van der Waals surface area contributed by atoms with Gasteiger partial charge in [-0.15, -0.1) is 0 Å². The number of benzene rings is 1. The van der Waals surface area contributed by atoms with Gasteiger partial charge in [0.1, 0.15) is 5.75 Å². The van der Waals surface area contributed by atoms with Gasteiger partial charge in [0.15, 0.2) is 6.20 Å². The number of aromatic hydroxyl groups is 1. The van der Waals surface area contributed by atoms with Gasteiger partial charge in [-0.1, -0.05) is 0 Å². The Balaban J connectivity index is 2.81. The molecule has 0 fully saturated rings. The summed E-state index contributed by atoms with van der Waals surface area (Å²) in [7, 11) is 0. The van der Waals surface area contributed by atoms with Crippen LogP contribution in [-0.4, -0.2) is 10.0 Å². The van der Waals surface area contributed by atoms with E-state index in [1.807, 2.05) is 0 Å². The SMILES string of the molecule is O=[N+]([O-])c1ccc2c(O)cc[n+]([O-])c2c1. The lowest BCUT2D eigenvalue weighted by Gasteiger charge is -2.02. The minimum absolute atomic E-state index is 0.0733. The van der Waals surface area contributed by atoms with Gasteiger partial charge in [0, 0.05) is 12.1 Å². The maximum atomic E-state index is 11.3. The summed E-state index contributed by atoms with van der Waals surface area (Å²) in [4.78, 5) is 9.88. The zero-order valence-corrected chi connectivity index (χ0v) is 7.45. The lowest BCUT2D eigenvalue weighted by atomic mass is 10.2. The first-order valence-electron chi connectivity index (χ1n) is 4.09. The van der Waals surface area contributed by atoms with Gasteiger partial charge in [-0.3, -0.25) is 10.1 Å². The highest BCUT2D eigenvalue weighted by atomic mass is 16.6. The molecule has 0 aliphatic carbocycles. The minimum Gasteiger partial charge on any atom is -0.618 e. The van der Waals surface area contributed by atoms with E-state index in [-0.39, 0.29) is 22.3 Å². The van der Waals surface area contributed by atoms with Crippen molar-refractivity contribution < 1.29 is 14.8 Å². The van der Waals surface area contributed by atoms with Gasteiger partial charge in [0.2, 0.25) is 5.52 Å². The molecule has 0 bridgehead atoms. The molecule has 0 unspecified atom stereocenters. The Morgan fingerprint density at radius 1 is 1.33 bits per heavy atom. The number of aromatic nitrogens is 1. The molecule has 6 nitrogen and oxygen atoms in total. The van der Waals surface area contributed by atoms with Crippen LogP contribution in [0.1, 0.15) is 0 Å². The zero-order chi connectivity index (χ0) is 11.0. The molecule has 1 N–H and O–H groups in total. The van der Waals surface area contributed by atoms with Crippen molar-refractivity contribution in [2.45, 2.75) is 0 Å². The summed E-state index contributed by atoms with van der Waals surface area (Å²) in [6, 6.07) is 4.95. The smallest absolute Gasteiger partial charge is 0.276 e. The van der Waals surface area contributed by atoms with Gasteiger partial charge in [0.05, 0.1) is 16.4 Å². The summed E-state index contributed by atoms with van der Waals surface area (Å²) in [5, 5.41) is 31.5. The summed E-state index contributed by atoms with van der Waals surface area (Å²) in [5.41, 5.74) is -0.109. The predicted molar refractivity (Wildman–Crippen MR) is 51.2 cm³/mol. The van der Waals surface area contributed by atoms with Crippen LogP contribution in [0.15, 0.2) is 30.5 Å². The maximum absolute atomic E-state index is 11.3. The molecule has 6 heteroatoms. The van der Waals surface area contributed by atoms with Gasteiger partial charge in [-0.2, -0.15) is 4.73 Å². The first-order chi connectivity index (χ1) is 7.09. The van der Waals surface area contributed by atoms with Crippen LogP contribution < -0.4 is 4.73 Å². The van der Waals surface area contributed by atoms with Crippen molar-refractivity contribution in [1.82, 2.24) is 0 Å². The van der Waals surface area contributed by atoms with E-state index >= 15 is 0 Å². The standard InChI is InChI=1S/C9H6N2O4/c12-9-3-4-10(13)8-5-6(11(14)15)1-2-7(8)9/h1-5,12H. The number of fused-ring (bicyclic) bond motifs is 1. The molecule has 0 aliphatic rings. The van der Waals surface area contributed by atoms with Crippen molar-refractivity contribution in [3.63, 3.8) is 0 Å². The number of nitro groups is 1. The van der Waals surface area contributed by atoms with Gasteiger partial charge < -0.3 is 10.3 Å². The third kappa shape index (κ3) is 1.41. The highest BCUT2D eigenvalue weighted by Gasteiger charge is 2.13. The van der Waals surface area contributed by atoms with Crippen LogP contribution in [0.4, 0.5) is 5.69 Å². The average Bonchev–Trinajstić information content (AvgIpc) is 2.23. The molecule has 0 saturated heterocycles. The van der Waals surface area contributed by atoms with E-state index in [0.29, 0.717) is 4.73 Å². The van der Waals surface area contributed by atoms with Crippen molar-refractivity contribution in [3.8, 4) is 5.75 Å². The molecule has 0 atom stereocenters. The predicted octanol–water partition coefficient (Wildman–Crippen LogP) is 1.09. The molecular formula is C9H6N2O4. The number of nitro benzene ring substituents is 1. The lowest BCUT2D eigenvalue weighted by molar-refractivity contribution is -0.577. The van der Waals surface area contributed by atoms with Gasteiger partial charge in [-0.05, 0) is 6.07 Å². The minimum atomic E-state index is -0.594. The van der Waals surface area contributed by atoms with Gasteiger partial charge in [-0.25, -0.2) is 0 Å². The third-order valence-electron chi connectivity index (χ3n) is 2.07. The molecule has 0 radical (unpaired) electrons. The Morgan fingerprint density at radius 3 is 2.73 bits per heavy atom. The molecule has 2 rings (SSSR count). The molecule has 76 valence electrons. The lowest BCUT2D eigenvalue weighted by Crippen LogP contribution is -2.25. The molecule has 0 saturated carbocycles. The number of nitrogens with zero attached hydrogens (tertiary/aromatic N) is 2. The fourth-order valence-electron chi connectivity index (χ4n) is 1.34. The monoisotopic (exact) mass is 206 g/mol. The van der Waals surface area contributed by atoms with E-state index in [1.54, 1.807) is 0 Å². The Kier molecular flexibility index (Phi) is 1.89. The van der Waals surface area contributed by atoms with Crippen molar-refractivity contribution in [3.05, 3.63) is 45.8 Å². The van der Waals surface area contributed by atoms with Crippen molar-refractivity contribution in [2.24, 2.45) is 0 Å². The second kappa shape index (κ2) is 3.09. The van der Waals surface area contributed by atoms with E-state index in [1.165, 1.54) is 18.2 Å². The first kappa shape index (κ1) is 9.20. The molecule has 0 spiro atoms. The summed E-state index contributed by atoms with van der Waals surface area (Å²) in [6.45, 7) is 0. The van der Waals surface area contributed by atoms with E-state index in [9.17, 15) is 20.4 Å². The molecule has 15 heavy (non-hydrogen) atoms. The van der Waals surface area contributed by atoms with Crippen LogP contribution in [0, 0.1) is 15.3 Å². The molecular weight excluding hydrogens is 200 g/mol. The molecule has 1 aromatic heterocycles. The molecule has 1 heterocycles. The third-order valence-corrected chi connectivity index (χ3v) is 2.07. The Hall–Kier alpha value is -2.37. The number of hydrogen-bond donors (Lipinski definition) is 1. The number of rotatable bonds is 1. The van der Waals surface area contributed by atoms with Crippen LogP contribution in [0.5, 0.6) is 5.75 Å². The molecule has 1 aromatic carbocycles. The zero-order valence-electron chi connectivity index (χ0n) is 7.45. The molecule has 0 amide bonds. The number of hydrogen-bond acceptors (Lipinski definition) is 4. The first-order valence-corrected chi connectivity index (χ1v) is 4.09. The summed E-state index contributed by atoms with van der Waals surface area (Å²) in [6.07, 6.45) is 1.10. The van der Waals surface area contributed by atoms with Crippen molar-refractivity contribution in [1.29, 1.82) is 0 Å². The highest BCUT2D eigenvalue weighted by Crippen LogP contribution is 2.24. The highest BCUT2D eigenvalue weighted by molar-refractivity contribution is 5.83.